The number of fused-ring (bicyclic) bond motifs is 1. The number of halogens is 1. The minimum Gasteiger partial charge on any atom is -0.478 e. The number of carbonyl (C=O) groups is 1. The molecular weight excluding hydrogens is 261 g/mol. The number of carboxylic acids is 1. The number of imidazole rings is 1. The Morgan fingerprint density at radius 3 is 2.60 bits per heavy atom. The van der Waals surface area contributed by atoms with Crippen LogP contribution in [0.2, 0.25) is 0 Å². The molecule has 0 spiro atoms. The third-order valence-corrected chi connectivity index (χ3v) is 3.09. The summed E-state index contributed by atoms with van der Waals surface area (Å²) in [4.78, 5) is 19.7. The van der Waals surface area contributed by atoms with Crippen LogP contribution in [-0.2, 0) is 7.05 Å². The second-order valence-corrected chi connectivity index (χ2v) is 4.34. The van der Waals surface area contributed by atoms with Gasteiger partial charge in [0, 0.05) is 18.8 Å². The van der Waals surface area contributed by atoms with Crippen molar-refractivity contribution < 1.29 is 14.3 Å². The van der Waals surface area contributed by atoms with Crippen LogP contribution < -0.4 is 0 Å². The number of carboxylic acid groups (broad SMARTS) is 1. The minimum atomic E-state index is -1.05. The van der Waals surface area contributed by atoms with Crippen molar-refractivity contribution in [3.8, 4) is 11.4 Å². The normalized spacial score (nSPS) is 10.9. The van der Waals surface area contributed by atoms with Gasteiger partial charge in [0.15, 0.2) is 5.65 Å². The van der Waals surface area contributed by atoms with Crippen molar-refractivity contribution in [2.24, 2.45) is 7.05 Å². The smallest absolute Gasteiger partial charge is 0.338 e. The molecule has 5 nitrogen and oxygen atoms in total. The lowest BCUT2D eigenvalue weighted by Gasteiger charge is -2.01. The predicted octanol–water partition coefficient (Wildman–Crippen LogP) is 2.47. The van der Waals surface area contributed by atoms with Crippen molar-refractivity contribution in [3.63, 3.8) is 0 Å². The molecule has 2 heterocycles. The fourth-order valence-corrected chi connectivity index (χ4v) is 2.11. The van der Waals surface area contributed by atoms with E-state index in [1.165, 1.54) is 24.4 Å². The zero-order chi connectivity index (χ0) is 14.3. The summed E-state index contributed by atoms with van der Waals surface area (Å²) in [6.07, 6.45) is 1.43. The molecule has 1 aromatic carbocycles. The van der Waals surface area contributed by atoms with Gasteiger partial charge < -0.3 is 9.67 Å². The molecule has 0 unspecified atom stereocenters. The van der Waals surface area contributed by atoms with Gasteiger partial charge in [-0.15, -0.1) is 0 Å². The van der Waals surface area contributed by atoms with Gasteiger partial charge >= 0.3 is 5.97 Å². The van der Waals surface area contributed by atoms with E-state index in [9.17, 15) is 9.18 Å². The first kappa shape index (κ1) is 12.3. The summed E-state index contributed by atoms with van der Waals surface area (Å²) in [5.41, 5.74) is 1.59. The van der Waals surface area contributed by atoms with Gasteiger partial charge in [0.05, 0.1) is 5.56 Å². The fraction of sp³-hybridized carbons (Fsp3) is 0.0714. The van der Waals surface area contributed by atoms with E-state index in [4.69, 9.17) is 5.11 Å². The van der Waals surface area contributed by atoms with Gasteiger partial charge in [-0.3, -0.25) is 0 Å². The van der Waals surface area contributed by atoms with Gasteiger partial charge in [0.1, 0.15) is 17.2 Å². The summed E-state index contributed by atoms with van der Waals surface area (Å²) in [6, 6.07) is 7.26. The van der Waals surface area contributed by atoms with Gasteiger partial charge in [-0.1, -0.05) is 0 Å². The van der Waals surface area contributed by atoms with Gasteiger partial charge in [0.2, 0.25) is 0 Å². The molecule has 3 aromatic rings. The molecule has 0 aliphatic rings. The van der Waals surface area contributed by atoms with Crippen LogP contribution in [0.1, 0.15) is 10.4 Å². The van der Waals surface area contributed by atoms with E-state index in [1.54, 1.807) is 23.7 Å². The lowest BCUT2D eigenvalue weighted by atomic mass is 10.2. The summed E-state index contributed by atoms with van der Waals surface area (Å²) < 4.78 is 14.6. The lowest BCUT2D eigenvalue weighted by molar-refractivity contribution is 0.0698. The molecule has 0 aliphatic carbocycles. The molecule has 0 radical (unpaired) electrons. The monoisotopic (exact) mass is 271 g/mol. The van der Waals surface area contributed by atoms with E-state index in [0.717, 1.165) is 0 Å². The van der Waals surface area contributed by atoms with Crippen molar-refractivity contribution in [2.75, 3.05) is 0 Å². The zero-order valence-corrected chi connectivity index (χ0v) is 10.5. The number of aromatic nitrogens is 3. The van der Waals surface area contributed by atoms with E-state index in [1.807, 2.05) is 0 Å². The van der Waals surface area contributed by atoms with Crippen LogP contribution in [0.4, 0.5) is 4.39 Å². The second kappa shape index (κ2) is 4.41. The zero-order valence-electron chi connectivity index (χ0n) is 10.5. The molecule has 3 rings (SSSR count). The third-order valence-electron chi connectivity index (χ3n) is 3.09. The Kier molecular flexibility index (Phi) is 2.71. The van der Waals surface area contributed by atoms with Gasteiger partial charge in [-0.25, -0.2) is 19.2 Å². The number of aromatic carboxylic acids is 1. The molecule has 6 heteroatoms. The number of nitrogens with zero attached hydrogens (tertiary/aromatic N) is 3. The summed E-state index contributed by atoms with van der Waals surface area (Å²) in [5.74, 6) is -0.848. The molecular formula is C14H10FN3O2. The Morgan fingerprint density at radius 2 is 1.95 bits per heavy atom. The van der Waals surface area contributed by atoms with Crippen molar-refractivity contribution in [3.05, 3.63) is 47.9 Å². The maximum absolute atomic E-state index is 13.0. The molecule has 0 atom stereocenters. The molecule has 0 amide bonds. The fourth-order valence-electron chi connectivity index (χ4n) is 2.11. The Bertz CT molecular complexity index is 809. The van der Waals surface area contributed by atoms with Gasteiger partial charge in [0.25, 0.3) is 0 Å². The molecule has 0 saturated carbocycles. The third kappa shape index (κ3) is 1.82. The molecule has 2 aromatic heterocycles. The standard InChI is InChI=1S/C14H10FN3O2/c1-18-12(8-2-4-9(15)5-3-8)17-11-10(14(19)20)6-7-16-13(11)18/h2-7H,1H3,(H,19,20). The van der Waals surface area contributed by atoms with Crippen molar-refractivity contribution >= 4 is 17.1 Å². The highest BCUT2D eigenvalue weighted by atomic mass is 19.1. The number of rotatable bonds is 2. The van der Waals surface area contributed by atoms with E-state index in [-0.39, 0.29) is 11.4 Å². The van der Waals surface area contributed by atoms with Crippen LogP contribution in [-0.4, -0.2) is 25.6 Å². The molecule has 0 aliphatic heterocycles. The van der Waals surface area contributed by atoms with E-state index in [0.29, 0.717) is 22.6 Å². The predicted molar refractivity (Wildman–Crippen MR) is 70.9 cm³/mol. The summed E-state index contributed by atoms with van der Waals surface area (Å²) in [7, 11) is 1.74. The Hall–Kier alpha value is -2.76. The molecule has 1 N–H and O–H groups in total. The maximum atomic E-state index is 13.0. The lowest BCUT2D eigenvalue weighted by Crippen LogP contribution is -1.98. The average Bonchev–Trinajstić information content (AvgIpc) is 2.77. The van der Waals surface area contributed by atoms with Crippen LogP contribution in [0.15, 0.2) is 36.5 Å². The summed E-state index contributed by atoms with van der Waals surface area (Å²) in [6.45, 7) is 0. The number of benzene rings is 1. The quantitative estimate of drug-likeness (QED) is 0.777. The Balaban J connectivity index is 2.28. The second-order valence-electron chi connectivity index (χ2n) is 4.34. The molecule has 20 heavy (non-hydrogen) atoms. The van der Waals surface area contributed by atoms with E-state index in [2.05, 4.69) is 9.97 Å². The summed E-state index contributed by atoms with van der Waals surface area (Å²) in [5, 5.41) is 9.16. The van der Waals surface area contributed by atoms with Crippen LogP contribution >= 0.6 is 0 Å². The van der Waals surface area contributed by atoms with Crippen molar-refractivity contribution in [2.45, 2.75) is 0 Å². The SMILES string of the molecule is Cn1c(-c2ccc(F)cc2)nc2c(C(=O)O)ccnc21. The highest BCUT2D eigenvalue weighted by Crippen LogP contribution is 2.24. The van der Waals surface area contributed by atoms with Crippen molar-refractivity contribution in [1.29, 1.82) is 0 Å². The van der Waals surface area contributed by atoms with E-state index >= 15 is 0 Å². The van der Waals surface area contributed by atoms with Gasteiger partial charge in [-0.2, -0.15) is 0 Å². The van der Waals surface area contributed by atoms with Crippen LogP contribution in [0.3, 0.4) is 0 Å². The largest absolute Gasteiger partial charge is 0.478 e. The number of aryl methyl sites for hydroxylation is 1. The molecule has 0 fully saturated rings. The average molecular weight is 271 g/mol. The first-order chi connectivity index (χ1) is 9.58. The molecule has 0 bridgehead atoms. The molecule has 100 valence electrons. The van der Waals surface area contributed by atoms with Gasteiger partial charge in [-0.05, 0) is 30.3 Å². The Morgan fingerprint density at radius 1 is 1.25 bits per heavy atom. The molecule has 0 saturated heterocycles. The highest BCUT2D eigenvalue weighted by molar-refractivity contribution is 6.00. The van der Waals surface area contributed by atoms with E-state index < -0.39 is 5.97 Å². The van der Waals surface area contributed by atoms with Crippen LogP contribution in [0.25, 0.3) is 22.6 Å². The maximum Gasteiger partial charge on any atom is 0.338 e. The van der Waals surface area contributed by atoms with Crippen LogP contribution in [0.5, 0.6) is 0 Å². The first-order valence-electron chi connectivity index (χ1n) is 5.88. The number of hydrogen-bond donors (Lipinski definition) is 1. The van der Waals surface area contributed by atoms with Crippen LogP contribution in [0, 0.1) is 5.82 Å². The minimum absolute atomic E-state index is 0.0963. The highest BCUT2D eigenvalue weighted by Gasteiger charge is 2.17. The summed E-state index contributed by atoms with van der Waals surface area (Å²) >= 11 is 0. The topological polar surface area (TPSA) is 68.0 Å². The first-order valence-corrected chi connectivity index (χ1v) is 5.88. The Labute approximate surface area is 113 Å². The van der Waals surface area contributed by atoms with Crippen molar-refractivity contribution in [1.82, 2.24) is 14.5 Å². The number of pyridine rings is 1. The number of hydrogen-bond acceptors (Lipinski definition) is 3.